The van der Waals surface area contributed by atoms with Crippen molar-refractivity contribution in [1.82, 2.24) is 0 Å². The van der Waals surface area contributed by atoms with Gasteiger partial charge in [-0.2, -0.15) is 0 Å². The zero-order valence-electron chi connectivity index (χ0n) is 19.1. The third kappa shape index (κ3) is 8.04. The molecular formula is C24H42O4Si. The largest absolute Gasteiger partial charge is 0.501 e. The van der Waals surface area contributed by atoms with Gasteiger partial charge in [-0.05, 0) is 82.4 Å². The van der Waals surface area contributed by atoms with Gasteiger partial charge in [-0.1, -0.05) is 31.9 Å². The highest BCUT2D eigenvalue weighted by Gasteiger charge is 2.39. The Labute approximate surface area is 179 Å². The first kappa shape index (κ1) is 24.4. The molecule has 1 aliphatic rings. The van der Waals surface area contributed by atoms with Crippen molar-refractivity contribution in [3.63, 3.8) is 0 Å². The Morgan fingerprint density at radius 3 is 1.93 bits per heavy atom. The van der Waals surface area contributed by atoms with Crippen LogP contribution in [-0.2, 0) is 13.3 Å². The SMILES string of the molecule is CCC[C@H]1CC[C@H](c2ccc(OCCC[Si](OCC)(OCC)OCC)cc2)CC1. The van der Waals surface area contributed by atoms with Crippen LogP contribution in [0, 0.1) is 5.92 Å². The minimum absolute atomic E-state index is 0.620. The third-order valence-corrected chi connectivity index (χ3v) is 9.04. The Morgan fingerprint density at radius 2 is 1.41 bits per heavy atom. The molecule has 0 unspecified atom stereocenters. The Hall–Kier alpha value is -0.883. The molecule has 0 heterocycles. The third-order valence-electron chi connectivity index (χ3n) is 5.88. The fraction of sp³-hybridized carbons (Fsp3) is 0.750. The van der Waals surface area contributed by atoms with E-state index in [1.54, 1.807) is 0 Å². The molecule has 5 heteroatoms. The minimum Gasteiger partial charge on any atom is -0.494 e. The molecule has 0 radical (unpaired) electrons. The monoisotopic (exact) mass is 422 g/mol. The highest BCUT2D eigenvalue weighted by Crippen LogP contribution is 2.37. The number of ether oxygens (including phenoxy) is 1. The summed E-state index contributed by atoms with van der Waals surface area (Å²) in [5, 5.41) is 0. The molecule has 1 fully saturated rings. The van der Waals surface area contributed by atoms with E-state index in [0.29, 0.717) is 26.4 Å². The lowest BCUT2D eigenvalue weighted by atomic mass is 9.77. The maximum absolute atomic E-state index is 5.98. The van der Waals surface area contributed by atoms with Crippen molar-refractivity contribution in [3.05, 3.63) is 29.8 Å². The van der Waals surface area contributed by atoms with Crippen LogP contribution in [0.1, 0.15) is 84.1 Å². The number of benzene rings is 1. The standard InChI is InChI=1S/C24H42O4Si/c1-5-10-21-11-13-22(14-12-21)23-15-17-24(18-16-23)25-19-9-20-29(26-6-2,27-7-3)28-8-4/h15-18,21-22H,5-14,19-20H2,1-4H3/t21-,22-. The summed E-state index contributed by atoms with van der Waals surface area (Å²) in [6.07, 6.45) is 9.05. The first-order chi connectivity index (χ1) is 14.2. The number of hydrogen-bond donors (Lipinski definition) is 0. The van der Waals surface area contributed by atoms with E-state index in [1.807, 2.05) is 20.8 Å². The molecule has 1 saturated carbocycles. The quantitative estimate of drug-likeness (QED) is 0.251. The van der Waals surface area contributed by atoms with E-state index < -0.39 is 8.80 Å². The van der Waals surface area contributed by atoms with Crippen LogP contribution in [0.5, 0.6) is 5.75 Å². The summed E-state index contributed by atoms with van der Waals surface area (Å²) >= 11 is 0. The number of hydrogen-bond acceptors (Lipinski definition) is 4. The second kappa shape index (κ2) is 13.4. The molecule has 2 rings (SSSR count). The summed E-state index contributed by atoms with van der Waals surface area (Å²) in [5.41, 5.74) is 1.47. The van der Waals surface area contributed by atoms with Crippen molar-refractivity contribution in [1.29, 1.82) is 0 Å². The van der Waals surface area contributed by atoms with E-state index in [9.17, 15) is 0 Å². The lowest BCUT2D eigenvalue weighted by molar-refractivity contribution is 0.0696. The molecule has 1 aromatic carbocycles. The molecule has 0 atom stereocenters. The van der Waals surface area contributed by atoms with Crippen LogP contribution in [0.4, 0.5) is 0 Å². The van der Waals surface area contributed by atoms with Crippen molar-refractivity contribution in [2.75, 3.05) is 26.4 Å². The molecule has 0 aromatic heterocycles. The fourth-order valence-electron chi connectivity index (χ4n) is 4.51. The molecular weight excluding hydrogens is 380 g/mol. The average molecular weight is 423 g/mol. The van der Waals surface area contributed by atoms with E-state index in [2.05, 4.69) is 31.2 Å². The topological polar surface area (TPSA) is 36.9 Å². The van der Waals surface area contributed by atoms with Gasteiger partial charge in [-0.15, -0.1) is 0 Å². The van der Waals surface area contributed by atoms with Crippen molar-refractivity contribution in [2.24, 2.45) is 5.92 Å². The summed E-state index contributed by atoms with van der Waals surface area (Å²) in [7, 11) is -2.56. The van der Waals surface area contributed by atoms with Crippen LogP contribution < -0.4 is 4.74 Å². The molecule has 166 valence electrons. The number of rotatable bonds is 14. The summed E-state index contributed by atoms with van der Waals surface area (Å²) in [5.74, 6) is 2.64. The van der Waals surface area contributed by atoms with E-state index in [-0.39, 0.29) is 0 Å². The smallest absolute Gasteiger partial charge is 0.494 e. The summed E-state index contributed by atoms with van der Waals surface area (Å²) < 4.78 is 23.7. The Morgan fingerprint density at radius 1 is 0.828 bits per heavy atom. The van der Waals surface area contributed by atoms with Crippen molar-refractivity contribution in [3.8, 4) is 5.75 Å². The highest BCUT2D eigenvalue weighted by molar-refractivity contribution is 6.60. The average Bonchev–Trinajstić information content (AvgIpc) is 2.73. The second-order valence-electron chi connectivity index (χ2n) is 8.01. The predicted molar refractivity (Wildman–Crippen MR) is 122 cm³/mol. The van der Waals surface area contributed by atoms with Crippen LogP contribution in [0.2, 0.25) is 6.04 Å². The predicted octanol–water partition coefficient (Wildman–Crippen LogP) is 6.58. The highest BCUT2D eigenvalue weighted by atomic mass is 28.4. The van der Waals surface area contributed by atoms with Gasteiger partial charge < -0.3 is 18.0 Å². The van der Waals surface area contributed by atoms with Crippen LogP contribution >= 0.6 is 0 Å². The van der Waals surface area contributed by atoms with Gasteiger partial charge in [0.15, 0.2) is 0 Å². The van der Waals surface area contributed by atoms with Gasteiger partial charge in [-0.25, -0.2) is 0 Å². The maximum Gasteiger partial charge on any atom is 0.501 e. The van der Waals surface area contributed by atoms with Crippen LogP contribution in [-0.4, -0.2) is 35.2 Å². The van der Waals surface area contributed by atoms with Gasteiger partial charge in [0.25, 0.3) is 0 Å². The molecule has 0 spiro atoms. The van der Waals surface area contributed by atoms with Gasteiger partial charge in [0.2, 0.25) is 0 Å². The van der Waals surface area contributed by atoms with E-state index >= 15 is 0 Å². The van der Waals surface area contributed by atoms with Gasteiger partial charge in [-0.3, -0.25) is 0 Å². The van der Waals surface area contributed by atoms with Gasteiger partial charge >= 0.3 is 8.80 Å². The summed E-state index contributed by atoms with van der Waals surface area (Å²) in [4.78, 5) is 0. The molecule has 0 amide bonds. The van der Waals surface area contributed by atoms with Crippen molar-refractivity contribution < 1.29 is 18.0 Å². The molecule has 0 N–H and O–H groups in total. The van der Waals surface area contributed by atoms with E-state index in [1.165, 1.54) is 44.1 Å². The molecule has 1 aliphatic carbocycles. The van der Waals surface area contributed by atoms with Gasteiger partial charge in [0.05, 0.1) is 6.61 Å². The maximum atomic E-state index is 5.98. The molecule has 0 bridgehead atoms. The van der Waals surface area contributed by atoms with Crippen molar-refractivity contribution in [2.45, 2.75) is 84.6 Å². The van der Waals surface area contributed by atoms with Crippen LogP contribution in [0.15, 0.2) is 24.3 Å². The fourth-order valence-corrected chi connectivity index (χ4v) is 7.09. The van der Waals surface area contributed by atoms with Crippen LogP contribution in [0.3, 0.4) is 0 Å². The Kier molecular flexibility index (Phi) is 11.3. The van der Waals surface area contributed by atoms with Gasteiger partial charge in [0.1, 0.15) is 5.75 Å². The molecule has 4 nitrogen and oxygen atoms in total. The lowest BCUT2D eigenvalue weighted by Crippen LogP contribution is -2.46. The van der Waals surface area contributed by atoms with Crippen LogP contribution in [0.25, 0.3) is 0 Å². The first-order valence-corrected chi connectivity index (χ1v) is 13.7. The Balaban J connectivity index is 1.77. The minimum atomic E-state index is -2.56. The molecule has 29 heavy (non-hydrogen) atoms. The van der Waals surface area contributed by atoms with E-state index in [4.69, 9.17) is 18.0 Å². The van der Waals surface area contributed by atoms with E-state index in [0.717, 1.165) is 30.1 Å². The zero-order valence-corrected chi connectivity index (χ0v) is 20.1. The zero-order chi connectivity index (χ0) is 21.0. The molecule has 0 saturated heterocycles. The molecule has 0 aliphatic heterocycles. The first-order valence-electron chi connectivity index (χ1n) is 11.8. The summed E-state index contributed by atoms with van der Waals surface area (Å²) in [6, 6.07) is 9.58. The van der Waals surface area contributed by atoms with Gasteiger partial charge in [0, 0.05) is 25.9 Å². The summed E-state index contributed by atoms with van der Waals surface area (Å²) in [6.45, 7) is 10.8. The van der Waals surface area contributed by atoms with Crippen molar-refractivity contribution >= 4 is 8.80 Å². The lowest BCUT2D eigenvalue weighted by Gasteiger charge is -2.29. The Bertz CT molecular complexity index is 523. The second-order valence-corrected chi connectivity index (χ2v) is 10.7. The normalized spacial score (nSPS) is 20.0. The molecule has 1 aromatic rings.